The summed E-state index contributed by atoms with van der Waals surface area (Å²) < 4.78 is 12.8. The molecule has 4 rings (SSSR count). The molecule has 0 radical (unpaired) electrons. The maximum absolute atomic E-state index is 12.5. The molecule has 0 bridgehead atoms. The number of rotatable bonds is 7. The van der Waals surface area contributed by atoms with Gasteiger partial charge in [0.05, 0.1) is 17.8 Å². The van der Waals surface area contributed by atoms with Crippen LogP contribution in [-0.4, -0.2) is 33.9 Å². The summed E-state index contributed by atoms with van der Waals surface area (Å²) in [6.45, 7) is 4.12. The van der Waals surface area contributed by atoms with Crippen LogP contribution in [0, 0.1) is 6.92 Å². The van der Waals surface area contributed by atoms with Crippen LogP contribution in [0.3, 0.4) is 0 Å². The highest BCUT2D eigenvalue weighted by molar-refractivity contribution is 5.91. The lowest BCUT2D eigenvalue weighted by molar-refractivity contribution is -0.118. The number of carbonyl (C=O) groups is 1. The van der Waals surface area contributed by atoms with Crippen LogP contribution in [0.4, 0.5) is 5.82 Å². The average Bonchev–Trinajstić information content (AvgIpc) is 3.13. The van der Waals surface area contributed by atoms with Crippen molar-refractivity contribution in [3.05, 3.63) is 72.4 Å². The Labute approximate surface area is 174 Å². The fourth-order valence-corrected chi connectivity index (χ4v) is 3.10. The fraction of sp³-hybridized carbons (Fsp3) is 0.174. The zero-order chi connectivity index (χ0) is 20.9. The van der Waals surface area contributed by atoms with Crippen molar-refractivity contribution in [2.75, 3.05) is 18.5 Å². The van der Waals surface area contributed by atoms with E-state index in [0.717, 1.165) is 16.6 Å². The standard InChI is InChI=1S/C23H22N4O3/c1-3-29-19-10-6-7-11-20(19)30-15-23(28)25-22-14-16(2)26-27(22)21-13-12-17-8-4-5-9-18(17)24-21/h4-14H,3,15H2,1-2H3,(H,25,28). The van der Waals surface area contributed by atoms with Gasteiger partial charge in [0.15, 0.2) is 23.9 Å². The van der Waals surface area contributed by atoms with Crippen molar-refractivity contribution >= 4 is 22.6 Å². The molecule has 0 aliphatic heterocycles. The van der Waals surface area contributed by atoms with E-state index in [1.165, 1.54) is 0 Å². The van der Waals surface area contributed by atoms with E-state index in [9.17, 15) is 4.79 Å². The maximum atomic E-state index is 12.5. The van der Waals surface area contributed by atoms with Crippen molar-refractivity contribution < 1.29 is 14.3 Å². The van der Waals surface area contributed by atoms with Gasteiger partial charge in [-0.1, -0.05) is 30.3 Å². The van der Waals surface area contributed by atoms with Gasteiger partial charge in [0.1, 0.15) is 5.82 Å². The Bertz CT molecular complexity index is 1190. The normalized spacial score (nSPS) is 10.7. The van der Waals surface area contributed by atoms with Crippen molar-refractivity contribution in [2.24, 2.45) is 0 Å². The largest absolute Gasteiger partial charge is 0.490 e. The molecule has 0 aliphatic carbocycles. The number of amides is 1. The number of anilines is 1. The van der Waals surface area contributed by atoms with Gasteiger partial charge in [-0.2, -0.15) is 9.78 Å². The van der Waals surface area contributed by atoms with E-state index >= 15 is 0 Å². The lowest BCUT2D eigenvalue weighted by atomic mass is 10.2. The summed E-state index contributed by atoms with van der Waals surface area (Å²) in [5.41, 5.74) is 1.62. The van der Waals surface area contributed by atoms with Crippen LogP contribution in [0.25, 0.3) is 16.7 Å². The first kappa shape index (κ1) is 19.4. The van der Waals surface area contributed by atoms with Crippen molar-refractivity contribution in [3.63, 3.8) is 0 Å². The summed E-state index contributed by atoms with van der Waals surface area (Å²) in [5.74, 6) is 1.98. The van der Waals surface area contributed by atoms with E-state index < -0.39 is 0 Å². The van der Waals surface area contributed by atoms with E-state index in [-0.39, 0.29) is 12.5 Å². The minimum atomic E-state index is -0.303. The summed E-state index contributed by atoms with van der Waals surface area (Å²) in [6.07, 6.45) is 0. The summed E-state index contributed by atoms with van der Waals surface area (Å²) in [6, 6.07) is 20.8. The third-order valence-corrected chi connectivity index (χ3v) is 4.41. The zero-order valence-electron chi connectivity index (χ0n) is 16.8. The molecule has 4 aromatic rings. The van der Waals surface area contributed by atoms with Gasteiger partial charge in [0.2, 0.25) is 0 Å². The molecule has 0 saturated carbocycles. The number of pyridine rings is 1. The molecule has 152 valence electrons. The van der Waals surface area contributed by atoms with Crippen LogP contribution in [0.2, 0.25) is 0 Å². The van der Waals surface area contributed by atoms with Gasteiger partial charge in [-0.05, 0) is 44.2 Å². The van der Waals surface area contributed by atoms with Crippen molar-refractivity contribution in [1.82, 2.24) is 14.8 Å². The van der Waals surface area contributed by atoms with Crippen LogP contribution in [0.1, 0.15) is 12.6 Å². The number of aryl methyl sites for hydroxylation is 1. The second-order valence-electron chi connectivity index (χ2n) is 6.66. The van der Waals surface area contributed by atoms with E-state index in [4.69, 9.17) is 9.47 Å². The van der Waals surface area contributed by atoms with Gasteiger partial charge in [-0.15, -0.1) is 0 Å². The zero-order valence-corrected chi connectivity index (χ0v) is 16.8. The Kier molecular flexibility index (Phi) is 5.61. The SMILES string of the molecule is CCOc1ccccc1OCC(=O)Nc1cc(C)nn1-c1ccc2ccccc2n1. The number of aromatic nitrogens is 3. The molecule has 0 atom stereocenters. The maximum Gasteiger partial charge on any atom is 0.263 e. The number of carbonyl (C=O) groups excluding carboxylic acids is 1. The summed E-state index contributed by atoms with van der Waals surface area (Å²) >= 11 is 0. The molecule has 1 amide bonds. The molecule has 0 aliphatic rings. The Morgan fingerprint density at radius 2 is 1.73 bits per heavy atom. The molecule has 2 aromatic heterocycles. The molecule has 2 heterocycles. The number of hydrogen-bond acceptors (Lipinski definition) is 5. The van der Waals surface area contributed by atoms with Crippen molar-refractivity contribution in [3.8, 4) is 17.3 Å². The average molecular weight is 402 g/mol. The molecule has 30 heavy (non-hydrogen) atoms. The second kappa shape index (κ2) is 8.65. The van der Waals surface area contributed by atoms with E-state index in [2.05, 4.69) is 15.4 Å². The first-order valence-electron chi connectivity index (χ1n) is 9.71. The summed E-state index contributed by atoms with van der Waals surface area (Å²) in [7, 11) is 0. The van der Waals surface area contributed by atoms with Crippen LogP contribution in [0.5, 0.6) is 11.5 Å². The molecule has 7 nitrogen and oxygen atoms in total. The lowest BCUT2D eigenvalue weighted by Gasteiger charge is -2.12. The Balaban J connectivity index is 1.50. The molecule has 0 spiro atoms. The number of benzene rings is 2. The van der Waals surface area contributed by atoms with Crippen LogP contribution < -0.4 is 14.8 Å². The van der Waals surface area contributed by atoms with Gasteiger partial charge in [-0.25, -0.2) is 4.98 Å². The van der Waals surface area contributed by atoms with Gasteiger partial charge in [0.25, 0.3) is 5.91 Å². The van der Waals surface area contributed by atoms with Crippen molar-refractivity contribution in [1.29, 1.82) is 0 Å². The molecular formula is C23H22N4O3. The van der Waals surface area contributed by atoms with Gasteiger partial charge in [-0.3, -0.25) is 4.79 Å². The fourth-order valence-electron chi connectivity index (χ4n) is 3.10. The second-order valence-corrected chi connectivity index (χ2v) is 6.66. The molecule has 0 saturated heterocycles. The molecule has 0 unspecified atom stereocenters. The van der Waals surface area contributed by atoms with E-state index in [1.807, 2.05) is 62.4 Å². The van der Waals surface area contributed by atoms with Crippen LogP contribution in [-0.2, 0) is 4.79 Å². The smallest absolute Gasteiger partial charge is 0.263 e. The Morgan fingerprint density at radius 1 is 1.00 bits per heavy atom. The highest BCUT2D eigenvalue weighted by Crippen LogP contribution is 2.26. The first-order chi connectivity index (χ1) is 14.6. The van der Waals surface area contributed by atoms with E-state index in [1.54, 1.807) is 22.9 Å². The van der Waals surface area contributed by atoms with Crippen LogP contribution >= 0.6 is 0 Å². The number of para-hydroxylation sites is 3. The predicted molar refractivity (Wildman–Crippen MR) is 115 cm³/mol. The number of ether oxygens (including phenoxy) is 2. The number of fused-ring (bicyclic) bond motifs is 1. The Hall–Kier alpha value is -3.87. The molecule has 2 aromatic carbocycles. The first-order valence-corrected chi connectivity index (χ1v) is 9.71. The predicted octanol–water partition coefficient (Wildman–Crippen LogP) is 4.15. The summed E-state index contributed by atoms with van der Waals surface area (Å²) in [4.78, 5) is 17.2. The molecule has 0 fully saturated rings. The van der Waals surface area contributed by atoms with Gasteiger partial charge >= 0.3 is 0 Å². The third kappa shape index (κ3) is 4.25. The Morgan fingerprint density at radius 3 is 2.53 bits per heavy atom. The lowest BCUT2D eigenvalue weighted by Crippen LogP contribution is -2.22. The topological polar surface area (TPSA) is 78.3 Å². The number of nitrogens with one attached hydrogen (secondary N) is 1. The monoisotopic (exact) mass is 402 g/mol. The number of nitrogens with zero attached hydrogens (tertiary/aromatic N) is 3. The van der Waals surface area contributed by atoms with Crippen LogP contribution in [0.15, 0.2) is 66.7 Å². The van der Waals surface area contributed by atoms with Gasteiger partial charge < -0.3 is 14.8 Å². The highest BCUT2D eigenvalue weighted by Gasteiger charge is 2.14. The molecule has 7 heteroatoms. The summed E-state index contributed by atoms with van der Waals surface area (Å²) in [5, 5.41) is 8.37. The third-order valence-electron chi connectivity index (χ3n) is 4.41. The van der Waals surface area contributed by atoms with Gasteiger partial charge in [0, 0.05) is 11.5 Å². The minimum absolute atomic E-state index is 0.153. The number of hydrogen-bond donors (Lipinski definition) is 1. The molecule has 1 N–H and O–H groups in total. The quantitative estimate of drug-likeness (QED) is 0.503. The van der Waals surface area contributed by atoms with Crippen molar-refractivity contribution in [2.45, 2.75) is 13.8 Å². The molecular weight excluding hydrogens is 380 g/mol. The highest BCUT2D eigenvalue weighted by atomic mass is 16.5. The van der Waals surface area contributed by atoms with E-state index in [0.29, 0.717) is 29.7 Å². The minimum Gasteiger partial charge on any atom is -0.490 e.